The first-order valence-corrected chi connectivity index (χ1v) is 10.3. The van der Waals surface area contributed by atoms with Crippen molar-refractivity contribution < 1.29 is 9.47 Å². The Bertz CT molecular complexity index is 576. The van der Waals surface area contributed by atoms with Crippen molar-refractivity contribution in [2.75, 3.05) is 51.4 Å². The maximum Gasteiger partial charge on any atom is 0.120 e. The van der Waals surface area contributed by atoms with E-state index < -0.39 is 0 Å². The van der Waals surface area contributed by atoms with Gasteiger partial charge in [0, 0.05) is 43.5 Å². The molecular formula is C21H33N3O2. The predicted molar refractivity (Wildman–Crippen MR) is 105 cm³/mol. The molecule has 3 aliphatic rings. The van der Waals surface area contributed by atoms with Crippen LogP contribution in [0.1, 0.15) is 25.7 Å². The number of morpholine rings is 1. The average molecular weight is 360 g/mol. The summed E-state index contributed by atoms with van der Waals surface area (Å²) in [5, 5.41) is 7.59. The van der Waals surface area contributed by atoms with Gasteiger partial charge in [0.15, 0.2) is 0 Å². The Balaban J connectivity index is 1.27. The average Bonchev–Trinajstić information content (AvgIpc) is 3.36. The third-order valence-corrected chi connectivity index (χ3v) is 6.41. The van der Waals surface area contributed by atoms with Gasteiger partial charge in [-0.15, -0.1) is 0 Å². The molecule has 1 aromatic rings. The molecule has 1 saturated carbocycles. The molecule has 5 nitrogen and oxygen atoms in total. The Labute approximate surface area is 157 Å². The zero-order valence-electron chi connectivity index (χ0n) is 16.0. The number of benzene rings is 1. The zero-order valence-corrected chi connectivity index (χ0v) is 16.0. The molecule has 0 amide bonds. The van der Waals surface area contributed by atoms with Gasteiger partial charge >= 0.3 is 0 Å². The molecule has 1 aromatic carbocycles. The van der Waals surface area contributed by atoms with Crippen LogP contribution in [0.25, 0.3) is 0 Å². The van der Waals surface area contributed by atoms with Crippen LogP contribution >= 0.6 is 0 Å². The first-order valence-electron chi connectivity index (χ1n) is 10.3. The minimum Gasteiger partial charge on any atom is -0.497 e. The summed E-state index contributed by atoms with van der Waals surface area (Å²) >= 11 is 0. The molecule has 4 atom stereocenters. The third kappa shape index (κ3) is 4.16. The normalized spacial score (nSPS) is 32.1. The molecule has 0 aromatic heterocycles. The Morgan fingerprint density at radius 2 is 2.27 bits per heavy atom. The van der Waals surface area contributed by atoms with Crippen LogP contribution in [0.3, 0.4) is 0 Å². The number of rotatable bonds is 6. The fourth-order valence-corrected chi connectivity index (χ4v) is 4.94. The number of nitrogens with one attached hydrogen (secondary N) is 2. The smallest absolute Gasteiger partial charge is 0.120 e. The third-order valence-electron chi connectivity index (χ3n) is 6.41. The fraction of sp³-hybridized carbons (Fsp3) is 0.714. The van der Waals surface area contributed by atoms with Gasteiger partial charge in [0.05, 0.1) is 20.3 Å². The Morgan fingerprint density at radius 3 is 3.12 bits per heavy atom. The standard InChI is InChI=1S/C21H33N3O2/c1-25-18-5-2-4-17(12-18)24-10-8-16(14-24)13-23-20-7-3-6-19(20)21-15-26-11-9-22-21/h2,4-5,12,16,19-23H,3,6-11,13-15H2,1H3. The van der Waals surface area contributed by atoms with Gasteiger partial charge in [0.25, 0.3) is 0 Å². The summed E-state index contributed by atoms with van der Waals surface area (Å²) in [5.74, 6) is 2.41. The second kappa shape index (κ2) is 8.59. The molecule has 1 aliphatic carbocycles. The van der Waals surface area contributed by atoms with Gasteiger partial charge in [-0.3, -0.25) is 0 Å². The van der Waals surface area contributed by atoms with Crippen molar-refractivity contribution in [1.82, 2.24) is 10.6 Å². The molecule has 2 saturated heterocycles. The quantitative estimate of drug-likeness (QED) is 0.816. The number of methoxy groups -OCH3 is 1. The summed E-state index contributed by atoms with van der Waals surface area (Å²) in [6, 6.07) is 9.64. The van der Waals surface area contributed by atoms with E-state index in [1.54, 1.807) is 7.11 Å². The molecule has 0 radical (unpaired) electrons. The van der Waals surface area contributed by atoms with Crippen molar-refractivity contribution in [3.8, 4) is 5.75 Å². The van der Waals surface area contributed by atoms with Crippen molar-refractivity contribution >= 4 is 5.69 Å². The topological polar surface area (TPSA) is 45.8 Å². The van der Waals surface area contributed by atoms with E-state index in [-0.39, 0.29) is 0 Å². The van der Waals surface area contributed by atoms with Gasteiger partial charge in [0.1, 0.15) is 5.75 Å². The van der Waals surface area contributed by atoms with Gasteiger partial charge < -0.3 is 25.0 Å². The highest BCUT2D eigenvalue weighted by Gasteiger charge is 2.35. The van der Waals surface area contributed by atoms with Crippen molar-refractivity contribution in [3.05, 3.63) is 24.3 Å². The lowest BCUT2D eigenvalue weighted by Crippen LogP contribution is -2.51. The van der Waals surface area contributed by atoms with Crippen LogP contribution < -0.4 is 20.3 Å². The highest BCUT2D eigenvalue weighted by Crippen LogP contribution is 2.31. The van der Waals surface area contributed by atoms with Gasteiger partial charge in [-0.2, -0.15) is 0 Å². The van der Waals surface area contributed by atoms with Crippen molar-refractivity contribution in [2.24, 2.45) is 11.8 Å². The largest absolute Gasteiger partial charge is 0.497 e. The molecule has 5 heteroatoms. The van der Waals surface area contributed by atoms with Crippen LogP contribution in [-0.4, -0.2) is 58.6 Å². The predicted octanol–water partition coefficient (Wildman–Crippen LogP) is 2.27. The number of hydrogen-bond acceptors (Lipinski definition) is 5. The van der Waals surface area contributed by atoms with Crippen LogP contribution in [-0.2, 0) is 4.74 Å². The summed E-state index contributed by atoms with van der Waals surface area (Å²) in [6.07, 6.45) is 5.27. The van der Waals surface area contributed by atoms with E-state index in [1.807, 2.05) is 6.07 Å². The van der Waals surface area contributed by atoms with Crippen molar-refractivity contribution in [2.45, 2.75) is 37.8 Å². The van der Waals surface area contributed by atoms with E-state index in [9.17, 15) is 0 Å². The highest BCUT2D eigenvalue weighted by molar-refractivity contribution is 5.51. The number of nitrogens with zero attached hydrogens (tertiary/aromatic N) is 1. The molecule has 0 bridgehead atoms. The Morgan fingerprint density at radius 1 is 1.31 bits per heavy atom. The van der Waals surface area contributed by atoms with E-state index >= 15 is 0 Å². The maximum atomic E-state index is 5.70. The van der Waals surface area contributed by atoms with E-state index in [0.717, 1.165) is 57.0 Å². The van der Waals surface area contributed by atoms with Crippen LogP contribution in [0.5, 0.6) is 5.75 Å². The van der Waals surface area contributed by atoms with Gasteiger partial charge in [-0.1, -0.05) is 12.5 Å². The molecule has 4 rings (SSSR count). The monoisotopic (exact) mass is 359 g/mol. The van der Waals surface area contributed by atoms with Gasteiger partial charge in [-0.25, -0.2) is 0 Å². The Kier molecular flexibility index (Phi) is 5.98. The first-order chi connectivity index (χ1) is 12.8. The summed E-state index contributed by atoms with van der Waals surface area (Å²) in [7, 11) is 1.74. The summed E-state index contributed by atoms with van der Waals surface area (Å²) in [4.78, 5) is 2.50. The van der Waals surface area contributed by atoms with E-state index in [1.165, 1.54) is 31.4 Å². The number of hydrogen-bond donors (Lipinski definition) is 2. The zero-order chi connectivity index (χ0) is 17.8. The minimum absolute atomic E-state index is 0.542. The van der Waals surface area contributed by atoms with Crippen LogP contribution in [0.15, 0.2) is 24.3 Å². The molecule has 2 aliphatic heterocycles. The molecule has 26 heavy (non-hydrogen) atoms. The van der Waals surface area contributed by atoms with E-state index in [4.69, 9.17) is 9.47 Å². The Hall–Kier alpha value is -1.30. The second-order valence-corrected chi connectivity index (χ2v) is 8.05. The molecule has 2 heterocycles. The van der Waals surface area contributed by atoms with E-state index in [0.29, 0.717) is 12.1 Å². The first kappa shape index (κ1) is 18.1. The highest BCUT2D eigenvalue weighted by atomic mass is 16.5. The van der Waals surface area contributed by atoms with Gasteiger partial charge in [0.2, 0.25) is 0 Å². The lowest BCUT2D eigenvalue weighted by Gasteiger charge is -2.33. The molecular weight excluding hydrogens is 326 g/mol. The van der Waals surface area contributed by atoms with Crippen molar-refractivity contribution in [1.29, 1.82) is 0 Å². The molecule has 4 unspecified atom stereocenters. The molecule has 144 valence electrons. The summed E-state index contributed by atoms with van der Waals surface area (Å²) < 4.78 is 11.1. The number of anilines is 1. The lowest BCUT2D eigenvalue weighted by molar-refractivity contribution is 0.0523. The van der Waals surface area contributed by atoms with Gasteiger partial charge in [-0.05, 0) is 49.8 Å². The van der Waals surface area contributed by atoms with Crippen LogP contribution in [0.4, 0.5) is 5.69 Å². The molecule has 0 spiro atoms. The van der Waals surface area contributed by atoms with Crippen LogP contribution in [0.2, 0.25) is 0 Å². The minimum atomic E-state index is 0.542. The molecule has 3 fully saturated rings. The maximum absolute atomic E-state index is 5.70. The van der Waals surface area contributed by atoms with E-state index in [2.05, 4.69) is 33.7 Å². The number of ether oxygens (including phenoxy) is 2. The summed E-state index contributed by atoms with van der Waals surface area (Å²) in [5.41, 5.74) is 1.29. The second-order valence-electron chi connectivity index (χ2n) is 8.05. The SMILES string of the molecule is COc1cccc(N2CCC(CNC3CCCC3C3COCCN3)C2)c1. The van der Waals surface area contributed by atoms with Crippen molar-refractivity contribution in [3.63, 3.8) is 0 Å². The van der Waals surface area contributed by atoms with Crippen LogP contribution in [0, 0.1) is 11.8 Å². The molecule has 2 N–H and O–H groups in total. The lowest BCUT2D eigenvalue weighted by atomic mass is 9.93. The summed E-state index contributed by atoms with van der Waals surface area (Å²) in [6.45, 7) is 6.18. The fourth-order valence-electron chi connectivity index (χ4n) is 4.94.